The van der Waals surface area contributed by atoms with Gasteiger partial charge in [0.25, 0.3) is 0 Å². The van der Waals surface area contributed by atoms with E-state index in [9.17, 15) is 18.0 Å². The highest BCUT2D eigenvalue weighted by atomic mass is 32.2. The van der Waals surface area contributed by atoms with Crippen molar-refractivity contribution in [1.29, 1.82) is 0 Å². The van der Waals surface area contributed by atoms with E-state index >= 15 is 0 Å². The number of nitrogens with zero attached hydrogens (tertiary/aromatic N) is 2. The molecule has 2 aliphatic rings. The Morgan fingerprint density at radius 3 is 2.65 bits per heavy atom. The Balaban J connectivity index is 2.06. The van der Waals surface area contributed by atoms with Gasteiger partial charge in [-0.15, -0.1) is 0 Å². The highest BCUT2D eigenvalue weighted by Crippen LogP contribution is 2.41. The molecule has 2 aliphatic heterocycles. The molecular formula is C15H16N2O4S2. The number of amidine groups is 1. The third kappa shape index (κ3) is 3.18. The molecule has 2 saturated heterocycles. The zero-order valence-corrected chi connectivity index (χ0v) is 14.4. The predicted molar refractivity (Wildman–Crippen MR) is 90.9 cm³/mol. The predicted octanol–water partition coefficient (Wildman–Crippen LogP) is 1.51. The summed E-state index contributed by atoms with van der Waals surface area (Å²) in [6.45, 7) is 2.84. The third-order valence-electron chi connectivity index (χ3n) is 3.85. The Bertz CT molecular complexity index is 817. The van der Waals surface area contributed by atoms with Crippen LogP contribution >= 0.6 is 11.8 Å². The molecule has 0 saturated carbocycles. The molecule has 6 nitrogen and oxygen atoms in total. The number of carbonyl (C=O) groups is 2. The Morgan fingerprint density at radius 2 is 2.00 bits per heavy atom. The SMILES string of the molecule is CC(=O)N=C1S[C@@H]2CS(=O)(=O)C[C@@H]2N1c1cccc(C(C)=O)c1. The first-order valence-corrected chi connectivity index (χ1v) is 9.83. The summed E-state index contributed by atoms with van der Waals surface area (Å²) in [6.07, 6.45) is 0. The van der Waals surface area contributed by atoms with Crippen LogP contribution in [-0.2, 0) is 14.6 Å². The molecule has 0 aliphatic carbocycles. The van der Waals surface area contributed by atoms with E-state index < -0.39 is 9.84 Å². The summed E-state index contributed by atoms with van der Waals surface area (Å²) in [6, 6.07) is 6.71. The molecule has 23 heavy (non-hydrogen) atoms. The van der Waals surface area contributed by atoms with Crippen molar-refractivity contribution in [1.82, 2.24) is 0 Å². The van der Waals surface area contributed by atoms with Crippen molar-refractivity contribution >= 4 is 44.1 Å². The minimum absolute atomic E-state index is 0.0336. The van der Waals surface area contributed by atoms with Crippen LogP contribution in [0.2, 0.25) is 0 Å². The van der Waals surface area contributed by atoms with Crippen molar-refractivity contribution in [3.8, 4) is 0 Å². The first-order valence-electron chi connectivity index (χ1n) is 7.13. The van der Waals surface area contributed by atoms with E-state index in [4.69, 9.17) is 0 Å². The number of amides is 1. The number of benzene rings is 1. The van der Waals surface area contributed by atoms with Crippen molar-refractivity contribution in [2.75, 3.05) is 16.4 Å². The van der Waals surface area contributed by atoms with Crippen LogP contribution in [0.1, 0.15) is 24.2 Å². The minimum atomic E-state index is -3.09. The molecule has 0 radical (unpaired) electrons. The number of hydrogen-bond donors (Lipinski definition) is 0. The van der Waals surface area contributed by atoms with Gasteiger partial charge in [0, 0.05) is 23.4 Å². The van der Waals surface area contributed by atoms with E-state index in [0.717, 1.165) is 0 Å². The van der Waals surface area contributed by atoms with Crippen molar-refractivity contribution in [3.05, 3.63) is 29.8 Å². The van der Waals surface area contributed by atoms with E-state index in [1.807, 2.05) is 0 Å². The van der Waals surface area contributed by atoms with Crippen LogP contribution in [0, 0.1) is 0 Å². The molecule has 122 valence electrons. The van der Waals surface area contributed by atoms with Crippen molar-refractivity contribution in [3.63, 3.8) is 0 Å². The van der Waals surface area contributed by atoms with Crippen molar-refractivity contribution in [2.45, 2.75) is 25.1 Å². The lowest BCUT2D eigenvalue weighted by atomic mass is 10.1. The monoisotopic (exact) mass is 352 g/mol. The van der Waals surface area contributed by atoms with Crippen molar-refractivity contribution in [2.24, 2.45) is 4.99 Å². The average Bonchev–Trinajstić information content (AvgIpc) is 2.89. The molecular weight excluding hydrogens is 336 g/mol. The van der Waals surface area contributed by atoms with Gasteiger partial charge in [-0.3, -0.25) is 9.59 Å². The summed E-state index contributed by atoms with van der Waals surface area (Å²) >= 11 is 1.32. The van der Waals surface area contributed by atoms with Gasteiger partial charge < -0.3 is 4.90 Å². The zero-order valence-electron chi connectivity index (χ0n) is 12.7. The maximum absolute atomic E-state index is 11.9. The molecule has 0 unspecified atom stereocenters. The van der Waals surface area contributed by atoms with Gasteiger partial charge in [-0.2, -0.15) is 4.99 Å². The normalized spacial score (nSPS) is 27.2. The van der Waals surface area contributed by atoms with Crippen LogP contribution < -0.4 is 4.90 Å². The molecule has 0 aromatic heterocycles. The molecule has 3 rings (SSSR count). The first-order chi connectivity index (χ1) is 10.8. The number of Topliss-reactive ketones (excluding diaryl/α,β-unsaturated/α-hetero) is 1. The topological polar surface area (TPSA) is 83.9 Å². The molecule has 2 atom stereocenters. The summed E-state index contributed by atoms with van der Waals surface area (Å²) < 4.78 is 23.8. The van der Waals surface area contributed by atoms with Gasteiger partial charge >= 0.3 is 0 Å². The average molecular weight is 352 g/mol. The van der Waals surface area contributed by atoms with Crippen LogP contribution in [0.3, 0.4) is 0 Å². The maximum Gasteiger partial charge on any atom is 0.244 e. The van der Waals surface area contributed by atoms with Crippen LogP contribution in [0.25, 0.3) is 0 Å². The van der Waals surface area contributed by atoms with E-state index in [-0.39, 0.29) is 34.5 Å². The van der Waals surface area contributed by atoms with Gasteiger partial charge in [0.1, 0.15) is 0 Å². The molecule has 2 fully saturated rings. The Kier molecular flexibility index (Phi) is 4.05. The molecule has 2 heterocycles. The van der Waals surface area contributed by atoms with Gasteiger partial charge in [0.05, 0.1) is 17.5 Å². The smallest absolute Gasteiger partial charge is 0.244 e. The van der Waals surface area contributed by atoms with Crippen molar-refractivity contribution < 1.29 is 18.0 Å². The zero-order chi connectivity index (χ0) is 16.8. The Hall–Kier alpha value is -1.67. The van der Waals surface area contributed by atoms with Gasteiger partial charge in [-0.05, 0) is 19.1 Å². The lowest BCUT2D eigenvalue weighted by Gasteiger charge is -2.24. The number of carbonyl (C=O) groups excluding carboxylic acids is 2. The largest absolute Gasteiger partial charge is 0.316 e. The summed E-state index contributed by atoms with van der Waals surface area (Å²) in [5.41, 5.74) is 1.23. The number of ketones is 1. The summed E-state index contributed by atoms with van der Waals surface area (Å²) in [5.74, 6) is -0.281. The van der Waals surface area contributed by atoms with E-state index in [2.05, 4.69) is 4.99 Å². The standard InChI is InChI=1S/C15H16N2O4S2/c1-9(18)11-4-3-5-12(6-11)17-13-7-23(20,21)8-14(13)22-15(17)16-10(2)19/h3-6,13-14H,7-8H2,1-2H3/t13-,14+/m0/s1. The van der Waals surface area contributed by atoms with Crippen LogP contribution in [-0.4, -0.2) is 48.1 Å². The number of sulfone groups is 1. The Labute approximate surface area is 138 Å². The maximum atomic E-state index is 11.9. The lowest BCUT2D eigenvalue weighted by Crippen LogP contribution is -2.37. The summed E-state index contributed by atoms with van der Waals surface area (Å²) in [4.78, 5) is 28.8. The minimum Gasteiger partial charge on any atom is -0.316 e. The summed E-state index contributed by atoms with van der Waals surface area (Å²) in [5, 5.41) is 0.363. The highest BCUT2D eigenvalue weighted by Gasteiger charge is 2.49. The molecule has 0 spiro atoms. The number of hydrogen-bond acceptors (Lipinski definition) is 5. The fraction of sp³-hybridized carbons (Fsp3) is 0.400. The fourth-order valence-corrected chi connectivity index (χ4v) is 6.83. The van der Waals surface area contributed by atoms with Crippen LogP contribution in [0.5, 0.6) is 0 Å². The van der Waals surface area contributed by atoms with Crippen LogP contribution in [0.15, 0.2) is 29.3 Å². The second kappa shape index (κ2) is 5.76. The fourth-order valence-electron chi connectivity index (χ4n) is 2.88. The van der Waals surface area contributed by atoms with E-state index in [0.29, 0.717) is 16.4 Å². The number of anilines is 1. The first kappa shape index (κ1) is 16.2. The number of thioether (sulfide) groups is 1. The molecule has 0 bridgehead atoms. The second-order valence-electron chi connectivity index (χ2n) is 5.69. The molecule has 0 N–H and O–H groups in total. The van der Waals surface area contributed by atoms with Gasteiger partial charge in [-0.25, -0.2) is 8.42 Å². The van der Waals surface area contributed by atoms with E-state index in [1.54, 1.807) is 29.2 Å². The van der Waals surface area contributed by atoms with Crippen LogP contribution in [0.4, 0.5) is 5.69 Å². The second-order valence-corrected chi connectivity index (χ2v) is 9.05. The third-order valence-corrected chi connectivity index (χ3v) is 7.06. The quantitative estimate of drug-likeness (QED) is 0.750. The number of aliphatic imine (C=N–C) groups is 1. The lowest BCUT2D eigenvalue weighted by molar-refractivity contribution is -0.115. The number of rotatable bonds is 2. The number of fused-ring (bicyclic) bond motifs is 1. The van der Waals surface area contributed by atoms with Gasteiger partial charge in [0.2, 0.25) is 5.91 Å². The molecule has 8 heteroatoms. The molecule has 1 aromatic rings. The highest BCUT2D eigenvalue weighted by molar-refractivity contribution is 8.16. The summed E-state index contributed by atoms with van der Waals surface area (Å²) in [7, 11) is -3.09. The van der Waals surface area contributed by atoms with Gasteiger partial charge in [0.15, 0.2) is 20.8 Å². The molecule has 1 amide bonds. The molecule has 1 aromatic carbocycles. The van der Waals surface area contributed by atoms with E-state index in [1.165, 1.54) is 25.6 Å². The van der Waals surface area contributed by atoms with Gasteiger partial charge in [-0.1, -0.05) is 23.9 Å². The Morgan fingerprint density at radius 1 is 1.26 bits per heavy atom.